The second-order valence-corrected chi connectivity index (χ2v) is 4.85. The highest BCUT2D eigenvalue weighted by molar-refractivity contribution is 8.06. The molecule has 0 atom stereocenters. The lowest BCUT2D eigenvalue weighted by Crippen LogP contribution is -2.19. The fourth-order valence-electron chi connectivity index (χ4n) is 1.69. The van der Waals surface area contributed by atoms with Gasteiger partial charge in [0, 0.05) is 23.2 Å². The van der Waals surface area contributed by atoms with Crippen molar-refractivity contribution in [3.63, 3.8) is 0 Å². The molecule has 4 nitrogen and oxygen atoms in total. The Balaban J connectivity index is 2.52. The van der Waals surface area contributed by atoms with E-state index in [4.69, 9.17) is 22.1 Å². The van der Waals surface area contributed by atoms with Crippen LogP contribution in [0.4, 0.5) is 0 Å². The second kappa shape index (κ2) is 4.89. The quantitative estimate of drug-likeness (QED) is 0.805. The lowest BCUT2D eigenvalue weighted by atomic mass is 9.99. The van der Waals surface area contributed by atoms with Crippen LogP contribution in [0.3, 0.4) is 0 Å². The molecule has 6 heteroatoms. The van der Waals surface area contributed by atoms with Gasteiger partial charge in [-0.1, -0.05) is 23.4 Å². The van der Waals surface area contributed by atoms with Gasteiger partial charge in [0.05, 0.1) is 17.7 Å². The number of carbonyl (C=O) groups is 1. The molecule has 1 aliphatic carbocycles. The van der Waals surface area contributed by atoms with E-state index < -0.39 is 5.91 Å². The van der Waals surface area contributed by atoms with Gasteiger partial charge in [-0.3, -0.25) is 4.79 Å². The Hall–Kier alpha value is -1.33. The number of primary amides is 1. The fraction of sp³-hybridized carbons (Fsp3) is 0.182. The average Bonchev–Trinajstić information content (AvgIpc) is 2.81. The SMILES string of the molecule is COC1=C(C(N)=O)C=C(Cl)CC1=C1NC=CS1. The highest BCUT2D eigenvalue weighted by atomic mass is 35.5. The summed E-state index contributed by atoms with van der Waals surface area (Å²) in [5.74, 6) is -0.0608. The van der Waals surface area contributed by atoms with E-state index in [0.717, 1.165) is 10.6 Å². The summed E-state index contributed by atoms with van der Waals surface area (Å²) in [4.78, 5) is 11.3. The zero-order chi connectivity index (χ0) is 12.4. The molecule has 0 fully saturated rings. The number of thioether (sulfide) groups is 1. The first-order valence-electron chi connectivity index (χ1n) is 4.89. The van der Waals surface area contributed by atoms with Gasteiger partial charge in [-0.15, -0.1) is 0 Å². The summed E-state index contributed by atoms with van der Waals surface area (Å²) in [6, 6.07) is 0. The highest BCUT2D eigenvalue weighted by Gasteiger charge is 2.25. The lowest BCUT2D eigenvalue weighted by molar-refractivity contribution is -0.114. The summed E-state index contributed by atoms with van der Waals surface area (Å²) < 4.78 is 5.28. The largest absolute Gasteiger partial charge is 0.496 e. The first-order chi connectivity index (χ1) is 8.13. The van der Waals surface area contributed by atoms with Crippen LogP contribution in [-0.2, 0) is 9.53 Å². The molecule has 0 aromatic rings. The molecule has 3 N–H and O–H groups in total. The molecule has 90 valence electrons. The molecule has 0 unspecified atom stereocenters. The maximum Gasteiger partial charge on any atom is 0.252 e. The molecule has 0 spiro atoms. The standard InChI is InChI=1S/C11H11ClN2O2S/c1-16-9-7(10(13)15)4-6(12)5-8(9)11-14-2-3-17-11/h2-4,14H,5H2,1H3,(H2,13,15). The number of hydrogen-bond donors (Lipinski definition) is 2. The number of amides is 1. The minimum atomic E-state index is -0.547. The van der Waals surface area contributed by atoms with Gasteiger partial charge < -0.3 is 15.8 Å². The van der Waals surface area contributed by atoms with Crippen LogP contribution in [0.25, 0.3) is 0 Å². The number of nitrogens with two attached hydrogens (primary N) is 1. The summed E-state index contributed by atoms with van der Waals surface area (Å²) in [5, 5.41) is 6.46. The van der Waals surface area contributed by atoms with Crippen molar-refractivity contribution >= 4 is 29.3 Å². The average molecular weight is 271 g/mol. The number of carbonyl (C=O) groups excluding carboxylic acids is 1. The number of rotatable bonds is 2. The summed E-state index contributed by atoms with van der Waals surface area (Å²) in [5.41, 5.74) is 6.47. The fourth-order valence-corrected chi connectivity index (χ4v) is 2.65. The van der Waals surface area contributed by atoms with Crippen LogP contribution in [0.5, 0.6) is 0 Å². The summed E-state index contributed by atoms with van der Waals surface area (Å²) in [6.45, 7) is 0. The van der Waals surface area contributed by atoms with Gasteiger partial charge in [-0.25, -0.2) is 0 Å². The molecular weight excluding hydrogens is 260 g/mol. The van der Waals surface area contributed by atoms with E-state index in [1.807, 2.05) is 11.6 Å². The smallest absolute Gasteiger partial charge is 0.252 e. The molecule has 2 aliphatic rings. The van der Waals surface area contributed by atoms with Gasteiger partial charge in [0.25, 0.3) is 5.91 Å². The molecule has 1 heterocycles. The van der Waals surface area contributed by atoms with E-state index in [0.29, 0.717) is 22.8 Å². The summed E-state index contributed by atoms with van der Waals surface area (Å²) in [7, 11) is 1.51. The molecule has 0 saturated carbocycles. The third kappa shape index (κ3) is 2.35. The van der Waals surface area contributed by atoms with Gasteiger partial charge in [0.15, 0.2) is 0 Å². The number of halogens is 1. The van der Waals surface area contributed by atoms with Crippen molar-refractivity contribution in [1.29, 1.82) is 0 Å². The first kappa shape index (κ1) is 12.1. The van der Waals surface area contributed by atoms with Gasteiger partial charge >= 0.3 is 0 Å². The molecule has 1 amide bonds. The molecule has 2 rings (SSSR count). The van der Waals surface area contributed by atoms with Crippen LogP contribution in [0.2, 0.25) is 0 Å². The van der Waals surface area contributed by atoms with Crippen LogP contribution in [0.1, 0.15) is 6.42 Å². The summed E-state index contributed by atoms with van der Waals surface area (Å²) in [6.07, 6.45) is 3.90. The van der Waals surface area contributed by atoms with Crippen LogP contribution >= 0.6 is 23.4 Å². The van der Waals surface area contributed by atoms with E-state index in [9.17, 15) is 4.79 Å². The molecule has 0 bridgehead atoms. The molecule has 0 aromatic heterocycles. The first-order valence-corrected chi connectivity index (χ1v) is 6.15. The van der Waals surface area contributed by atoms with Gasteiger partial charge in [0.1, 0.15) is 5.76 Å². The van der Waals surface area contributed by atoms with Gasteiger partial charge in [-0.05, 0) is 11.5 Å². The Labute approximate surface area is 108 Å². The maximum atomic E-state index is 11.3. The number of hydrogen-bond acceptors (Lipinski definition) is 4. The minimum Gasteiger partial charge on any atom is -0.496 e. The Morgan fingerprint density at radius 1 is 1.65 bits per heavy atom. The van der Waals surface area contributed by atoms with E-state index in [1.165, 1.54) is 18.9 Å². The zero-order valence-corrected chi connectivity index (χ0v) is 10.7. The normalized spacial score (nSPS) is 23.5. The van der Waals surface area contributed by atoms with Crippen molar-refractivity contribution in [2.24, 2.45) is 5.73 Å². The van der Waals surface area contributed by atoms with Gasteiger partial charge in [0.2, 0.25) is 0 Å². The molecular formula is C11H11ClN2O2S. The van der Waals surface area contributed by atoms with Crippen LogP contribution in [0, 0.1) is 0 Å². The minimum absolute atomic E-state index is 0.306. The predicted molar refractivity (Wildman–Crippen MR) is 68.7 cm³/mol. The third-order valence-corrected chi connectivity index (χ3v) is 3.49. The Bertz CT molecular complexity index is 482. The molecule has 1 aliphatic heterocycles. The second-order valence-electron chi connectivity index (χ2n) is 3.45. The number of allylic oxidation sites excluding steroid dienone is 2. The van der Waals surface area contributed by atoms with Crippen molar-refractivity contribution in [2.45, 2.75) is 6.42 Å². The van der Waals surface area contributed by atoms with Crippen molar-refractivity contribution < 1.29 is 9.53 Å². The Morgan fingerprint density at radius 2 is 2.41 bits per heavy atom. The summed E-state index contributed by atoms with van der Waals surface area (Å²) >= 11 is 7.54. The Kier molecular flexibility index (Phi) is 3.49. The van der Waals surface area contributed by atoms with Crippen molar-refractivity contribution in [2.75, 3.05) is 7.11 Å². The van der Waals surface area contributed by atoms with Crippen LogP contribution in [-0.4, -0.2) is 13.0 Å². The number of ether oxygens (including phenoxy) is 1. The molecule has 0 radical (unpaired) electrons. The van der Waals surface area contributed by atoms with E-state index >= 15 is 0 Å². The number of methoxy groups -OCH3 is 1. The molecule has 0 saturated heterocycles. The number of nitrogens with one attached hydrogen (secondary N) is 1. The predicted octanol–water partition coefficient (Wildman–Crippen LogP) is 1.92. The van der Waals surface area contributed by atoms with Crippen LogP contribution in [0.15, 0.2) is 44.7 Å². The van der Waals surface area contributed by atoms with E-state index in [2.05, 4.69) is 5.32 Å². The monoisotopic (exact) mass is 270 g/mol. The third-order valence-electron chi connectivity index (χ3n) is 2.38. The zero-order valence-electron chi connectivity index (χ0n) is 9.12. The van der Waals surface area contributed by atoms with E-state index in [1.54, 1.807) is 6.08 Å². The van der Waals surface area contributed by atoms with Crippen molar-refractivity contribution in [3.05, 3.63) is 44.7 Å². The highest BCUT2D eigenvalue weighted by Crippen LogP contribution is 2.37. The van der Waals surface area contributed by atoms with Crippen LogP contribution < -0.4 is 11.1 Å². The lowest BCUT2D eigenvalue weighted by Gasteiger charge is -2.20. The molecule has 17 heavy (non-hydrogen) atoms. The van der Waals surface area contributed by atoms with Crippen molar-refractivity contribution in [3.8, 4) is 0 Å². The van der Waals surface area contributed by atoms with Crippen molar-refractivity contribution in [1.82, 2.24) is 5.32 Å². The van der Waals surface area contributed by atoms with E-state index in [-0.39, 0.29) is 0 Å². The topological polar surface area (TPSA) is 64.3 Å². The molecule has 0 aromatic carbocycles. The Morgan fingerprint density at radius 3 is 2.94 bits per heavy atom. The maximum absolute atomic E-state index is 11.3. The van der Waals surface area contributed by atoms with Gasteiger partial charge in [-0.2, -0.15) is 0 Å².